The minimum atomic E-state index is -5.56. The number of anilines is 1. The Balaban J connectivity index is 2.38. The van der Waals surface area contributed by atoms with Crippen molar-refractivity contribution in [1.29, 1.82) is 5.26 Å². The Morgan fingerprint density at radius 3 is 2.33 bits per heavy atom. The molecule has 0 bridgehead atoms. The number of alkyl halides is 3. The van der Waals surface area contributed by atoms with Crippen molar-refractivity contribution in [3.8, 4) is 6.07 Å². The van der Waals surface area contributed by atoms with Crippen LogP contribution < -0.4 is 4.90 Å². The fraction of sp³-hybridized carbons (Fsp3) is 0.533. The second-order valence-corrected chi connectivity index (χ2v) is 7.45. The van der Waals surface area contributed by atoms with Crippen LogP contribution in [0.15, 0.2) is 23.1 Å². The average Bonchev–Trinajstić information content (AvgIpc) is 2.54. The lowest BCUT2D eigenvalue weighted by Gasteiger charge is -2.36. The zero-order valence-electron chi connectivity index (χ0n) is 13.2. The summed E-state index contributed by atoms with van der Waals surface area (Å²) in [4.78, 5) is 3.00. The van der Waals surface area contributed by atoms with E-state index in [9.17, 15) is 26.9 Å². The van der Waals surface area contributed by atoms with Crippen LogP contribution in [0, 0.1) is 11.3 Å². The summed E-state index contributed by atoms with van der Waals surface area (Å²) in [5.74, 6) is 0. The van der Waals surface area contributed by atoms with E-state index in [0.29, 0.717) is 13.1 Å². The fourth-order valence-corrected chi connectivity index (χ4v) is 3.70. The van der Waals surface area contributed by atoms with Gasteiger partial charge < -0.3 is 4.90 Å². The van der Waals surface area contributed by atoms with Gasteiger partial charge in [0.05, 0.1) is 16.1 Å². The van der Waals surface area contributed by atoms with Crippen molar-refractivity contribution in [3.05, 3.63) is 23.8 Å². The van der Waals surface area contributed by atoms with Crippen LogP contribution >= 0.6 is 0 Å². The molecule has 2 rings (SSSR count). The standard InChI is InChI=1S/C15H18F3N3O2S/c1-2-6-20-7-9-21(10-8-20)13-4-3-5-14(12(13)11-19)24(22,23)15(16,17)18/h3-5H,2,6-10H2,1H3. The molecule has 1 heterocycles. The predicted molar refractivity (Wildman–Crippen MR) is 83.3 cm³/mol. The molecule has 0 radical (unpaired) electrons. The number of nitrogens with zero attached hydrogens (tertiary/aromatic N) is 3. The average molecular weight is 361 g/mol. The normalized spacial score (nSPS) is 16.9. The molecule has 0 unspecified atom stereocenters. The molecule has 0 aliphatic carbocycles. The van der Waals surface area contributed by atoms with Gasteiger partial charge >= 0.3 is 5.51 Å². The van der Waals surface area contributed by atoms with E-state index in [4.69, 9.17) is 0 Å². The number of rotatable bonds is 4. The Labute approximate surface area is 139 Å². The Hall–Kier alpha value is -1.79. The maximum absolute atomic E-state index is 12.8. The first-order valence-corrected chi connectivity index (χ1v) is 9.02. The molecule has 0 aromatic heterocycles. The summed E-state index contributed by atoms with van der Waals surface area (Å²) < 4.78 is 61.9. The van der Waals surface area contributed by atoms with Crippen molar-refractivity contribution in [2.24, 2.45) is 0 Å². The zero-order chi connectivity index (χ0) is 18.0. The molecule has 1 fully saturated rings. The van der Waals surface area contributed by atoms with Crippen LogP contribution in [0.5, 0.6) is 0 Å². The summed E-state index contributed by atoms with van der Waals surface area (Å²) in [6.07, 6.45) is 1.00. The highest BCUT2D eigenvalue weighted by molar-refractivity contribution is 7.92. The van der Waals surface area contributed by atoms with Crippen LogP contribution in [0.3, 0.4) is 0 Å². The lowest BCUT2D eigenvalue weighted by atomic mass is 10.1. The first kappa shape index (κ1) is 18.5. The van der Waals surface area contributed by atoms with Crippen molar-refractivity contribution < 1.29 is 21.6 Å². The Kier molecular flexibility index (Phi) is 5.40. The molecule has 9 heteroatoms. The minimum absolute atomic E-state index is 0.235. The Morgan fingerprint density at radius 2 is 1.83 bits per heavy atom. The Morgan fingerprint density at radius 1 is 1.21 bits per heavy atom. The summed E-state index contributed by atoms with van der Waals surface area (Å²) in [7, 11) is -5.56. The second-order valence-electron chi connectivity index (χ2n) is 5.54. The number of nitriles is 1. The van der Waals surface area contributed by atoms with Gasteiger partial charge in [0.1, 0.15) is 6.07 Å². The van der Waals surface area contributed by atoms with E-state index in [1.54, 1.807) is 11.0 Å². The molecule has 1 aliphatic heterocycles. The third kappa shape index (κ3) is 3.49. The molecule has 1 aliphatic rings. The molecule has 132 valence electrons. The number of sulfone groups is 1. The molecule has 0 spiro atoms. The molecule has 0 N–H and O–H groups in total. The first-order valence-electron chi connectivity index (χ1n) is 7.54. The van der Waals surface area contributed by atoms with E-state index in [1.165, 1.54) is 12.1 Å². The van der Waals surface area contributed by atoms with Gasteiger partial charge in [-0.25, -0.2) is 8.42 Å². The molecule has 1 saturated heterocycles. The number of benzene rings is 1. The molecule has 1 aromatic carbocycles. The maximum Gasteiger partial charge on any atom is 0.501 e. The van der Waals surface area contributed by atoms with Crippen molar-refractivity contribution in [2.45, 2.75) is 23.7 Å². The van der Waals surface area contributed by atoms with Gasteiger partial charge in [-0.2, -0.15) is 18.4 Å². The van der Waals surface area contributed by atoms with Crippen molar-refractivity contribution >= 4 is 15.5 Å². The van der Waals surface area contributed by atoms with Crippen molar-refractivity contribution in [2.75, 3.05) is 37.6 Å². The van der Waals surface area contributed by atoms with E-state index >= 15 is 0 Å². The summed E-state index contributed by atoms with van der Waals surface area (Å²) in [5, 5.41) is 9.28. The second kappa shape index (κ2) is 6.99. The highest BCUT2D eigenvalue weighted by Gasteiger charge is 2.48. The monoisotopic (exact) mass is 361 g/mol. The van der Waals surface area contributed by atoms with Crippen molar-refractivity contribution in [3.63, 3.8) is 0 Å². The van der Waals surface area contributed by atoms with Gasteiger partial charge in [-0.1, -0.05) is 13.0 Å². The lowest BCUT2D eigenvalue weighted by molar-refractivity contribution is -0.0436. The summed E-state index contributed by atoms with van der Waals surface area (Å²) in [5.41, 5.74) is -5.64. The van der Waals surface area contributed by atoms with E-state index in [0.717, 1.165) is 32.1 Å². The zero-order valence-corrected chi connectivity index (χ0v) is 14.0. The van der Waals surface area contributed by atoms with Gasteiger partial charge in [-0.05, 0) is 25.1 Å². The topological polar surface area (TPSA) is 64.4 Å². The van der Waals surface area contributed by atoms with E-state index in [2.05, 4.69) is 11.8 Å². The van der Waals surface area contributed by atoms with Crippen LogP contribution in [0.1, 0.15) is 18.9 Å². The lowest BCUT2D eigenvalue weighted by Crippen LogP contribution is -2.46. The van der Waals surface area contributed by atoms with Gasteiger partial charge in [-0.15, -0.1) is 0 Å². The van der Waals surface area contributed by atoms with E-state index in [1.807, 2.05) is 0 Å². The first-order chi connectivity index (χ1) is 11.2. The van der Waals surface area contributed by atoms with Gasteiger partial charge in [-0.3, -0.25) is 4.90 Å². The van der Waals surface area contributed by atoms with Gasteiger partial charge in [0.15, 0.2) is 0 Å². The molecule has 24 heavy (non-hydrogen) atoms. The minimum Gasteiger partial charge on any atom is -0.368 e. The molecular weight excluding hydrogens is 343 g/mol. The van der Waals surface area contributed by atoms with Crippen molar-refractivity contribution in [1.82, 2.24) is 4.90 Å². The van der Waals surface area contributed by atoms with Crippen LogP contribution in [-0.4, -0.2) is 51.5 Å². The SMILES string of the molecule is CCCN1CCN(c2cccc(S(=O)(=O)C(F)(F)F)c2C#N)CC1. The highest BCUT2D eigenvalue weighted by Crippen LogP contribution is 2.35. The molecular formula is C15H18F3N3O2S. The molecule has 1 aromatic rings. The molecule has 0 atom stereocenters. The quantitative estimate of drug-likeness (QED) is 0.824. The van der Waals surface area contributed by atoms with E-state index < -0.39 is 25.8 Å². The van der Waals surface area contributed by atoms with Crippen LogP contribution in [-0.2, 0) is 9.84 Å². The van der Waals surface area contributed by atoms with Gasteiger partial charge in [0.2, 0.25) is 0 Å². The van der Waals surface area contributed by atoms with Crippen LogP contribution in [0.2, 0.25) is 0 Å². The smallest absolute Gasteiger partial charge is 0.368 e. The van der Waals surface area contributed by atoms with Crippen LogP contribution in [0.25, 0.3) is 0 Å². The fourth-order valence-electron chi connectivity index (χ4n) is 2.77. The van der Waals surface area contributed by atoms with E-state index in [-0.39, 0.29) is 5.69 Å². The molecule has 0 saturated carbocycles. The number of halogens is 3. The third-order valence-corrected chi connectivity index (χ3v) is 5.49. The maximum atomic E-state index is 12.8. The highest BCUT2D eigenvalue weighted by atomic mass is 32.2. The van der Waals surface area contributed by atoms with Crippen LogP contribution in [0.4, 0.5) is 18.9 Å². The predicted octanol–water partition coefficient (Wildman–Crippen LogP) is 2.38. The third-order valence-electron chi connectivity index (χ3n) is 3.96. The van der Waals surface area contributed by atoms with Gasteiger partial charge in [0, 0.05) is 26.2 Å². The number of hydrogen-bond donors (Lipinski definition) is 0. The summed E-state index contributed by atoms with van der Waals surface area (Å²) in [6.45, 7) is 5.49. The van der Waals surface area contributed by atoms with Gasteiger partial charge in [0.25, 0.3) is 9.84 Å². The number of hydrogen-bond acceptors (Lipinski definition) is 5. The largest absolute Gasteiger partial charge is 0.501 e. The number of piperazine rings is 1. The molecule has 0 amide bonds. The molecule has 5 nitrogen and oxygen atoms in total. The summed E-state index contributed by atoms with van der Waals surface area (Å²) >= 11 is 0. The Bertz CT molecular complexity index is 733. The summed E-state index contributed by atoms with van der Waals surface area (Å²) in [6, 6.07) is 5.21.